The summed E-state index contributed by atoms with van der Waals surface area (Å²) in [7, 11) is 0. The Morgan fingerprint density at radius 3 is 2.19 bits per heavy atom. The van der Waals surface area contributed by atoms with Gasteiger partial charge in [0.05, 0.1) is 6.42 Å². The van der Waals surface area contributed by atoms with Gasteiger partial charge in [-0.2, -0.15) is 0 Å². The van der Waals surface area contributed by atoms with E-state index in [2.05, 4.69) is 0 Å². The van der Waals surface area contributed by atoms with Gasteiger partial charge < -0.3 is 25.2 Å². The first-order valence-electron chi connectivity index (χ1n) is 11.4. The molecule has 0 saturated heterocycles. The number of para-hydroxylation sites is 1. The Bertz CT molecular complexity index is 1460. The van der Waals surface area contributed by atoms with Gasteiger partial charge in [0, 0.05) is 29.0 Å². The standard InChI is InChI=1S/C29H23ClO6/c30-19-10-11-23(32)18(12-19)14-20-27(34)21(13-17-8-4-5-9-22(17)31)29-26(28(20)35)24(33)15-25(36-29)16-6-2-1-3-7-16/h1-12,25,31-32,34-35H,13-15H2/t25-/m0/s1. The van der Waals surface area contributed by atoms with E-state index in [-0.39, 0.29) is 64.7 Å². The minimum atomic E-state index is -0.601. The molecule has 0 spiro atoms. The second kappa shape index (κ2) is 9.47. The first-order chi connectivity index (χ1) is 17.3. The number of ether oxygens (including phenoxy) is 1. The third-order valence-electron chi connectivity index (χ3n) is 6.44. The average molecular weight is 503 g/mol. The second-order valence-electron chi connectivity index (χ2n) is 8.76. The van der Waals surface area contributed by atoms with Gasteiger partial charge in [-0.1, -0.05) is 60.1 Å². The highest BCUT2D eigenvalue weighted by atomic mass is 35.5. The van der Waals surface area contributed by atoms with Crippen LogP contribution in [0, 0.1) is 0 Å². The minimum Gasteiger partial charge on any atom is -0.508 e. The topological polar surface area (TPSA) is 107 Å². The maximum atomic E-state index is 13.4. The number of Topliss-reactive ketones (excluding diaryl/α,β-unsaturated/α-hetero) is 1. The van der Waals surface area contributed by atoms with Gasteiger partial charge in [-0.25, -0.2) is 0 Å². The summed E-state index contributed by atoms with van der Waals surface area (Å²) >= 11 is 6.09. The smallest absolute Gasteiger partial charge is 0.174 e. The summed E-state index contributed by atoms with van der Waals surface area (Å²) < 4.78 is 6.25. The normalized spacial score (nSPS) is 14.8. The quantitative estimate of drug-likeness (QED) is 0.264. The Kier molecular flexibility index (Phi) is 6.20. The lowest BCUT2D eigenvalue weighted by molar-refractivity contribution is 0.0842. The van der Waals surface area contributed by atoms with Crippen LogP contribution in [-0.4, -0.2) is 26.2 Å². The van der Waals surface area contributed by atoms with Crippen molar-refractivity contribution in [3.63, 3.8) is 0 Å². The number of rotatable bonds is 5. The Morgan fingerprint density at radius 1 is 0.778 bits per heavy atom. The van der Waals surface area contributed by atoms with Gasteiger partial charge in [-0.15, -0.1) is 0 Å². The molecule has 4 aromatic rings. The molecule has 0 bridgehead atoms. The van der Waals surface area contributed by atoms with Crippen LogP contribution in [0.5, 0.6) is 28.7 Å². The molecule has 1 heterocycles. The fourth-order valence-electron chi connectivity index (χ4n) is 4.58. The number of carbonyl (C=O) groups excluding carboxylic acids is 1. The molecule has 0 aromatic heterocycles. The number of halogens is 1. The number of ketones is 1. The van der Waals surface area contributed by atoms with Gasteiger partial charge in [0.1, 0.15) is 40.4 Å². The SMILES string of the molecule is O=C1C[C@@H](c2ccccc2)Oc2c(Cc3ccccc3O)c(O)c(Cc3cc(Cl)ccc3O)c(O)c21. The molecule has 4 N–H and O–H groups in total. The van der Waals surface area contributed by atoms with Gasteiger partial charge in [0.25, 0.3) is 0 Å². The van der Waals surface area contributed by atoms with Crippen molar-refractivity contribution >= 4 is 17.4 Å². The number of hydrogen-bond acceptors (Lipinski definition) is 6. The van der Waals surface area contributed by atoms with Crippen LogP contribution in [0.3, 0.4) is 0 Å². The fraction of sp³-hybridized carbons (Fsp3) is 0.138. The lowest BCUT2D eigenvalue weighted by Gasteiger charge is -2.30. The molecule has 4 aromatic carbocycles. The van der Waals surface area contributed by atoms with Gasteiger partial charge >= 0.3 is 0 Å². The van der Waals surface area contributed by atoms with E-state index in [0.29, 0.717) is 16.1 Å². The first kappa shape index (κ1) is 23.6. The molecule has 182 valence electrons. The summed E-state index contributed by atoms with van der Waals surface area (Å²) in [6, 6.07) is 20.4. The largest absolute Gasteiger partial charge is 0.508 e. The van der Waals surface area contributed by atoms with Crippen molar-refractivity contribution in [2.24, 2.45) is 0 Å². The predicted molar refractivity (Wildman–Crippen MR) is 135 cm³/mol. The lowest BCUT2D eigenvalue weighted by Crippen LogP contribution is -2.22. The predicted octanol–water partition coefficient (Wildman–Crippen LogP) is 6.05. The minimum absolute atomic E-state index is 0.00717. The highest BCUT2D eigenvalue weighted by molar-refractivity contribution is 6.30. The van der Waals surface area contributed by atoms with Crippen LogP contribution in [0.2, 0.25) is 5.02 Å². The van der Waals surface area contributed by atoms with Gasteiger partial charge in [0.2, 0.25) is 0 Å². The molecule has 0 fully saturated rings. The van der Waals surface area contributed by atoms with Crippen LogP contribution in [-0.2, 0) is 12.8 Å². The molecule has 0 unspecified atom stereocenters. The monoisotopic (exact) mass is 502 g/mol. The van der Waals surface area contributed by atoms with Gasteiger partial charge in [-0.05, 0) is 41.0 Å². The van der Waals surface area contributed by atoms with Crippen LogP contribution >= 0.6 is 11.6 Å². The molecular weight excluding hydrogens is 480 g/mol. The van der Waals surface area contributed by atoms with Crippen molar-refractivity contribution in [1.82, 2.24) is 0 Å². The average Bonchev–Trinajstić information content (AvgIpc) is 2.87. The number of phenols is 4. The van der Waals surface area contributed by atoms with E-state index in [1.165, 1.54) is 24.3 Å². The molecule has 36 heavy (non-hydrogen) atoms. The van der Waals surface area contributed by atoms with E-state index in [4.69, 9.17) is 16.3 Å². The zero-order valence-electron chi connectivity index (χ0n) is 19.1. The van der Waals surface area contributed by atoms with Crippen molar-refractivity contribution in [3.8, 4) is 28.7 Å². The summed E-state index contributed by atoms with van der Waals surface area (Å²) in [6.07, 6.45) is -0.631. The number of phenolic OH excluding ortho intramolecular Hbond substituents is 4. The van der Waals surface area contributed by atoms with Crippen molar-refractivity contribution in [2.75, 3.05) is 0 Å². The van der Waals surface area contributed by atoms with Crippen molar-refractivity contribution < 1.29 is 30.0 Å². The summed E-state index contributed by atoms with van der Waals surface area (Å²) in [5, 5.41) is 43.7. The molecule has 5 rings (SSSR count). The zero-order valence-corrected chi connectivity index (χ0v) is 19.9. The molecule has 7 heteroatoms. The molecule has 1 atom stereocenters. The number of benzene rings is 4. The molecule has 0 radical (unpaired) electrons. The third kappa shape index (κ3) is 4.32. The van der Waals surface area contributed by atoms with Crippen molar-refractivity contribution in [3.05, 3.63) is 111 Å². The summed E-state index contributed by atoms with van der Waals surface area (Å²) in [6.45, 7) is 0. The number of fused-ring (bicyclic) bond motifs is 1. The Hall–Kier alpha value is -4.16. The number of aromatic hydroxyl groups is 4. The molecule has 1 aliphatic heterocycles. The van der Waals surface area contributed by atoms with Crippen molar-refractivity contribution in [2.45, 2.75) is 25.4 Å². The second-order valence-corrected chi connectivity index (χ2v) is 9.19. The molecule has 0 amide bonds. The van der Waals surface area contributed by atoms with Gasteiger partial charge in [-0.3, -0.25) is 4.79 Å². The Balaban J connectivity index is 1.69. The van der Waals surface area contributed by atoms with Crippen molar-refractivity contribution in [1.29, 1.82) is 0 Å². The van der Waals surface area contributed by atoms with Crippen LogP contribution in [0.1, 0.15) is 50.7 Å². The maximum Gasteiger partial charge on any atom is 0.174 e. The number of carbonyl (C=O) groups is 1. The van der Waals surface area contributed by atoms with E-state index >= 15 is 0 Å². The molecular formula is C29H23ClO6. The molecule has 0 aliphatic carbocycles. The molecule has 1 aliphatic rings. The number of hydrogen-bond donors (Lipinski definition) is 4. The molecule has 6 nitrogen and oxygen atoms in total. The van der Waals surface area contributed by atoms with E-state index in [1.807, 2.05) is 30.3 Å². The summed E-state index contributed by atoms with van der Waals surface area (Å²) in [5.41, 5.74) is 1.96. The van der Waals surface area contributed by atoms with Gasteiger partial charge in [0.15, 0.2) is 5.78 Å². The first-order valence-corrected chi connectivity index (χ1v) is 11.8. The fourth-order valence-corrected chi connectivity index (χ4v) is 4.77. The van der Waals surface area contributed by atoms with E-state index in [0.717, 1.165) is 5.56 Å². The van der Waals surface area contributed by atoms with Crippen LogP contribution < -0.4 is 4.74 Å². The van der Waals surface area contributed by atoms with E-state index in [9.17, 15) is 25.2 Å². The van der Waals surface area contributed by atoms with E-state index < -0.39 is 11.9 Å². The summed E-state index contributed by atoms with van der Waals surface area (Å²) in [5.74, 6) is -0.982. The summed E-state index contributed by atoms with van der Waals surface area (Å²) in [4.78, 5) is 13.4. The highest BCUT2D eigenvalue weighted by Crippen LogP contribution is 2.50. The lowest BCUT2D eigenvalue weighted by atomic mass is 9.87. The van der Waals surface area contributed by atoms with Crippen LogP contribution in [0.25, 0.3) is 0 Å². The maximum absolute atomic E-state index is 13.4. The zero-order chi connectivity index (χ0) is 25.4. The van der Waals surface area contributed by atoms with E-state index in [1.54, 1.807) is 18.2 Å². The van der Waals surface area contributed by atoms with Crippen LogP contribution in [0.15, 0.2) is 72.8 Å². The molecule has 0 saturated carbocycles. The third-order valence-corrected chi connectivity index (χ3v) is 6.68. The van der Waals surface area contributed by atoms with Crippen LogP contribution in [0.4, 0.5) is 0 Å². The Labute approximate surface area is 212 Å². The highest BCUT2D eigenvalue weighted by Gasteiger charge is 2.36. The Morgan fingerprint density at radius 2 is 1.44 bits per heavy atom.